The maximum Gasteiger partial charge on any atom is 0.338 e. The number of ether oxygens (including phenoxy) is 1. The van der Waals surface area contributed by atoms with Crippen LogP contribution in [0.3, 0.4) is 0 Å². The van der Waals surface area contributed by atoms with Gasteiger partial charge in [0.15, 0.2) is 0 Å². The average molecular weight is 470 g/mol. The summed E-state index contributed by atoms with van der Waals surface area (Å²) in [5.74, 6) is 1.47. The monoisotopic (exact) mass is 469 g/mol. The van der Waals surface area contributed by atoms with E-state index in [0.29, 0.717) is 42.2 Å². The highest BCUT2D eigenvalue weighted by Crippen LogP contribution is 2.60. The summed E-state index contributed by atoms with van der Waals surface area (Å²) in [4.78, 5) is 40.4. The van der Waals surface area contributed by atoms with Gasteiger partial charge in [-0.2, -0.15) is 0 Å². The Bertz CT molecular complexity index is 858. The maximum absolute atomic E-state index is 13.2. The molecule has 1 aromatic carbocycles. The van der Waals surface area contributed by atoms with Crippen LogP contribution in [0.25, 0.3) is 0 Å². The van der Waals surface area contributed by atoms with Crippen molar-refractivity contribution >= 4 is 23.5 Å². The zero-order valence-electron chi connectivity index (χ0n) is 20.8. The fourth-order valence-corrected chi connectivity index (χ4v) is 6.63. The Labute approximate surface area is 203 Å². The third kappa shape index (κ3) is 5.45. The SMILES string of the molecule is CCN(CC)CCOC(=O)c1ccc(NC(=O)[C@H](C)NC(=O)C23CC4CC(CC(C4)C2)C3)cc1. The number of esters is 1. The lowest BCUT2D eigenvalue weighted by molar-refractivity contribution is -0.147. The van der Waals surface area contributed by atoms with Gasteiger partial charge in [0.05, 0.1) is 5.56 Å². The Morgan fingerprint density at radius 2 is 1.56 bits per heavy atom. The molecule has 5 rings (SSSR count). The fraction of sp³-hybridized carbons (Fsp3) is 0.667. The second kappa shape index (κ2) is 10.5. The number of nitrogens with one attached hydrogen (secondary N) is 2. The number of carbonyl (C=O) groups excluding carboxylic acids is 3. The zero-order valence-corrected chi connectivity index (χ0v) is 20.8. The molecule has 0 unspecified atom stereocenters. The number of anilines is 1. The minimum absolute atomic E-state index is 0.0528. The van der Waals surface area contributed by atoms with Gasteiger partial charge in [0.25, 0.3) is 0 Å². The van der Waals surface area contributed by atoms with E-state index in [4.69, 9.17) is 4.74 Å². The first-order valence-electron chi connectivity index (χ1n) is 12.9. The molecule has 0 radical (unpaired) electrons. The van der Waals surface area contributed by atoms with E-state index in [2.05, 4.69) is 29.4 Å². The predicted octanol–water partition coefficient (Wildman–Crippen LogP) is 3.84. The third-order valence-corrected chi connectivity index (χ3v) is 8.18. The first-order chi connectivity index (χ1) is 16.3. The quantitative estimate of drug-likeness (QED) is 0.508. The number of rotatable bonds is 10. The Hall–Kier alpha value is -2.41. The molecule has 0 saturated heterocycles. The van der Waals surface area contributed by atoms with Crippen LogP contribution in [0.1, 0.15) is 69.7 Å². The van der Waals surface area contributed by atoms with Crippen LogP contribution in [0.2, 0.25) is 0 Å². The van der Waals surface area contributed by atoms with Crippen molar-refractivity contribution in [2.75, 3.05) is 31.6 Å². The topological polar surface area (TPSA) is 87.7 Å². The zero-order chi connectivity index (χ0) is 24.3. The summed E-state index contributed by atoms with van der Waals surface area (Å²) >= 11 is 0. The summed E-state index contributed by atoms with van der Waals surface area (Å²) in [6, 6.07) is 6.05. The number of amides is 2. The molecule has 0 heterocycles. The van der Waals surface area contributed by atoms with E-state index in [1.54, 1.807) is 31.2 Å². The molecule has 0 spiro atoms. The lowest BCUT2D eigenvalue weighted by atomic mass is 9.49. The van der Waals surface area contributed by atoms with Gasteiger partial charge in [0.2, 0.25) is 11.8 Å². The third-order valence-electron chi connectivity index (χ3n) is 8.18. The molecule has 4 aliphatic rings. The van der Waals surface area contributed by atoms with Gasteiger partial charge in [-0.3, -0.25) is 9.59 Å². The standard InChI is InChI=1S/C27H39N3O4/c1-4-30(5-2)10-11-34-25(32)22-6-8-23(9-7-22)29-24(31)18(3)28-26(33)27-15-19-12-20(16-27)14-21(13-19)17-27/h6-9,18-21H,4-5,10-17H2,1-3H3,(H,28,33)(H,29,31)/t18-,19?,20?,21?,27?/m0/s1. The molecule has 34 heavy (non-hydrogen) atoms. The summed E-state index contributed by atoms with van der Waals surface area (Å²) in [5, 5.41) is 5.85. The fourth-order valence-electron chi connectivity index (χ4n) is 6.63. The van der Waals surface area contributed by atoms with Crippen molar-refractivity contribution in [2.24, 2.45) is 23.2 Å². The number of hydrogen-bond acceptors (Lipinski definition) is 5. The minimum Gasteiger partial charge on any atom is -0.461 e. The molecule has 4 fully saturated rings. The number of hydrogen-bond donors (Lipinski definition) is 2. The highest BCUT2D eigenvalue weighted by atomic mass is 16.5. The van der Waals surface area contributed by atoms with E-state index in [1.165, 1.54) is 19.3 Å². The van der Waals surface area contributed by atoms with Crippen molar-refractivity contribution in [2.45, 2.75) is 65.3 Å². The highest BCUT2D eigenvalue weighted by Gasteiger charge is 2.54. The molecule has 1 aromatic rings. The normalized spacial score (nSPS) is 27.9. The molecule has 0 aliphatic heterocycles. The van der Waals surface area contributed by atoms with Crippen LogP contribution in [-0.4, -0.2) is 55.0 Å². The van der Waals surface area contributed by atoms with Gasteiger partial charge in [-0.05, 0) is 101 Å². The van der Waals surface area contributed by atoms with E-state index < -0.39 is 6.04 Å². The smallest absolute Gasteiger partial charge is 0.338 e. The number of benzene rings is 1. The molecule has 0 aromatic heterocycles. The van der Waals surface area contributed by atoms with Gasteiger partial charge in [-0.15, -0.1) is 0 Å². The van der Waals surface area contributed by atoms with Gasteiger partial charge in [-0.1, -0.05) is 13.8 Å². The highest BCUT2D eigenvalue weighted by molar-refractivity contribution is 5.98. The molecule has 4 bridgehead atoms. The second-order valence-corrected chi connectivity index (χ2v) is 10.6. The molecule has 7 nitrogen and oxygen atoms in total. The molecular weight excluding hydrogens is 430 g/mol. The van der Waals surface area contributed by atoms with Crippen molar-refractivity contribution < 1.29 is 19.1 Å². The van der Waals surface area contributed by atoms with E-state index in [-0.39, 0.29) is 23.2 Å². The number of nitrogens with zero attached hydrogens (tertiary/aromatic N) is 1. The van der Waals surface area contributed by atoms with E-state index in [1.807, 2.05) is 0 Å². The van der Waals surface area contributed by atoms with Gasteiger partial charge in [-0.25, -0.2) is 4.79 Å². The van der Waals surface area contributed by atoms with Crippen molar-refractivity contribution in [3.8, 4) is 0 Å². The largest absolute Gasteiger partial charge is 0.461 e. The van der Waals surface area contributed by atoms with Gasteiger partial charge >= 0.3 is 5.97 Å². The summed E-state index contributed by atoms with van der Waals surface area (Å²) in [7, 11) is 0. The van der Waals surface area contributed by atoms with Crippen LogP contribution in [-0.2, 0) is 14.3 Å². The van der Waals surface area contributed by atoms with Crippen LogP contribution in [0.4, 0.5) is 5.69 Å². The first kappa shape index (κ1) is 24.7. The van der Waals surface area contributed by atoms with Gasteiger partial charge in [0, 0.05) is 17.6 Å². The van der Waals surface area contributed by atoms with Crippen LogP contribution < -0.4 is 10.6 Å². The van der Waals surface area contributed by atoms with Crippen molar-refractivity contribution in [3.63, 3.8) is 0 Å². The molecule has 2 amide bonds. The van der Waals surface area contributed by atoms with Crippen LogP contribution in [0.15, 0.2) is 24.3 Å². The Morgan fingerprint density at radius 1 is 1.00 bits per heavy atom. The molecule has 4 saturated carbocycles. The summed E-state index contributed by atoms with van der Waals surface area (Å²) in [6.07, 6.45) is 6.77. The molecule has 7 heteroatoms. The number of carbonyl (C=O) groups is 3. The predicted molar refractivity (Wildman–Crippen MR) is 131 cm³/mol. The van der Waals surface area contributed by atoms with Gasteiger partial charge < -0.3 is 20.3 Å². The minimum atomic E-state index is -0.620. The second-order valence-electron chi connectivity index (χ2n) is 10.6. The maximum atomic E-state index is 13.2. The average Bonchev–Trinajstić information content (AvgIpc) is 2.81. The van der Waals surface area contributed by atoms with Crippen LogP contribution >= 0.6 is 0 Å². The van der Waals surface area contributed by atoms with Gasteiger partial charge in [0.1, 0.15) is 12.6 Å². The Kier molecular flexibility index (Phi) is 7.60. The molecule has 4 aliphatic carbocycles. The summed E-state index contributed by atoms with van der Waals surface area (Å²) < 4.78 is 5.35. The van der Waals surface area contributed by atoms with Crippen LogP contribution in [0.5, 0.6) is 0 Å². The molecule has 186 valence electrons. The molecule has 1 atom stereocenters. The summed E-state index contributed by atoms with van der Waals surface area (Å²) in [6.45, 7) is 8.78. The Balaban J connectivity index is 1.25. The van der Waals surface area contributed by atoms with Crippen molar-refractivity contribution in [1.82, 2.24) is 10.2 Å². The number of likely N-dealkylation sites (N-methyl/N-ethyl adjacent to an activating group) is 1. The lowest BCUT2D eigenvalue weighted by Crippen LogP contribution is -2.56. The van der Waals surface area contributed by atoms with E-state index in [9.17, 15) is 14.4 Å². The molecule has 2 N–H and O–H groups in total. The first-order valence-corrected chi connectivity index (χ1v) is 12.9. The van der Waals surface area contributed by atoms with Crippen molar-refractivity contribution in [3.05, 3.63) is 29.8 Å². The van der Waals surface area contributed by atoms with Crippen LogP contribution in [0, 0.1) is 23.2 Å². The van der Waals surface area contributed by atoms with Crippen molar-refractivity contribution in [1.29, 1.82) is 0 Å². The summed E-state index contributed by atoms with van der Waals surface area (Å²) in [5.41, 5.74) is 0.762. The Morgan fingerprint density at radius 3 is 2.09 bits per heavy atom. The molecular formula is C27H39N3O4. The van der Waals surface area contributed by atoms with E-state index in [0.717, 1.165) is 32.4 Å². The lowest BCUT2D eigenvalue weighted by Gasteiger charge is -2.55. The van der Waals surface area contributed by atoms with E-state index >= 15 is 0 Å².